The number of nitrogens with zero attached hydrogens (tertiary/aromatic N) is 3. The van der Waals surface area contributed by atoms with Gasteiger partial charge in [0.05, 0.1) is 11.3 Å². The molecule has 0 unspecified atom stereocenters. The number of halogens is 3. The molecule has 1 aliphatic heterocycles. The lowest BCUT2D eigenvalue weighted by Crippen LogP contribution is -2.40. The van der Waals surface area contributed by atoms with Gasteiger partial charge in [0.25, 0.3) is 0 Å². The molecule has 1 fully saturated rings. The second-order valence-corrected chi connectivity index (χ2v) is 6.49. The molecule has 28 heavy (non-hydrogen) atoms. The number of alkyl halides is 3. The topological polar surface area (TPSA) is 67.2 Å². The van der Waals surface area contributed by atoms with Crippen LogP contribution < -0.4 is 5.32 Å². The van der Waals surface area contributed by atoms with Gasteiger partial charge in [-0.05, 0) is 37.1 Å². The Bertz CT molecular complexity index is 883. The molecule has 2 amide bonds. The average molecular weight is 392 g/mol. The molecular formula is C19H19F3N4O2. The third-order valence-corrected chi connectivity index (χ3v) is 4.63. The monoisotopic (exact) mass is 392 g/mol. The largest absolute Gasteiger partial charge is 0.416 e. The van der Waals surface area contributed by atoms with Crippen molar-refractivity contribution in [2.24, 2.45) is 5.92 Å². The first-order valence-corrected chi connectivity index (χ1v) is 8.73. The molecule has 2 aromatic rings. The minimum absolute atomic E-state index is 0.154. The molecule has 3 rings (SSSR count). The molecule has 1 aromatic carbocycles. The summed E-state index contributed by atoms with van der Waals surface area (Å²) in [5.74, 6) is -0.377. The highest BCUT2D eigenvalue weighted by Gasteiger charge is 2.30. The van der Waals surface area contributed by atoms with Gasteiger partial charge in [0.1, 0.15) is 0 Å². The van der Waals surface area contributed by atoms with Crippen LogP contribution in [0.25, 0.3) is 5.69 Å². The van der Waals surface area contributed by atoms with Gasteiger partial charge in [-0.3, -0.25) is 9.59 Å². The van der Waals surface area contributed by atoms with Gasteiger partial charge in [-0.25, -0.2) is 4.68 Å². The second kappa shape index (κ2) is 7.87. The van der Waals surface area contributed by atoms with Gasteiger partial charge in [-0.2, -0.15) is 18.3 Å². The lowest BCUT2D eigenvalue weighted by molar-refractivity contribution is -0.137. The van der Waals surface area contributed by atoms with Crippen LogP contribution in [0.2, 0.25) is 0 Å². The number of hydrogen-bond donors (Lipinski definition) is 1. The number of nitrogens with one attached hydrogen (secondary N) is 1. The average Bonchev–Trinajstić information content (AvgIpc) is 3.15. The maximum Gasteiger partial charge on any atom is 0.416 e. The van der Waals surface area contributed by atoms with Crippen LogP contribution in [-0.4, -0.2) is 39.6 Å². The van der Waals surface area contributed by atoms with E-state index in [1.165, 1.54) is 35.2 Å². The lowest BCUT2D eigenvalue weighted by atomic mass is 9.96. The van der Waals surface area contributed by atoms with Crippen molar-refractivity contribution in [3.63, 3.8) is 0 Å². The van der Waals surface area contributed by atoms with Crippen molar-refractivity contribution in [2.75, 3.05) is 18.4 Å². The Hall–Kier alpha value is -3.10. The van der Waals surface area contributed by atoms with Crippen molar-refractivity contribution in [1.29, 1.82) is 0 Å². The minimum atomic E-state index is -4.44. The highest BCUT2D eigenvalue weighted by Crippen LogP contribution is 2.30. The molecule has 0 spiro atoms. The Morgan fingerprint density at radius 2 is 1.93 bits per heavy atom. The Morgan fingerprint density at radius 1 is 1.21 bits per heavy atom. The van der Waals surface area contributed by atoms with Crippen LogP contribution >= 0.6 is 0 Å². The molecule has 1 aliphatic rings. The molecule has 9 heteroatoms. The quantitative estimate of drug-likeness (QED) is 0.813. The number of amides is 2. The van der Waals surface area contributed by atoms with E-state index in [-0.39, 0.29) is 29.2 Å². The molecule has 0 radical (unpaired) electrons. The summed E-state index contributed by atoms with van der Waals surface area (Å²) in [7, 11) is 0. The molecule has 0 atom stereocenters. The molecular weight excluding hydrogens is 373 g/mol. The fraction of sp³-hybridized carbons (Fsp3) is 0.316. The van der Waals surface area contributed by atoms with Gasteiger partial charge in [0, 0.05) is 31.3 Å². The number of benzene rings is 1. The predicted molar refractivity (Wildman–Crippen MR) is 96.7 cm³/mol. The molecule has 0 saturated carbocycles. The summed E-state index contributed by atoms with van der Waals surface area (Å²) in [5, 5.41) is 6.82. The number of aromatic nitrogens is 2. The van der Waals surface area contributed by atoms with Crippen LogP contribution in [0, 0.1) is 5.92 Å². The van der Waals surface area contributed by atoms with Gasteiger partial charge in [0.2, 0.25) is 11.8 Å². The fourth-order valence-electron chi connectivity index (χ4n) is 3.08. The first-order valence-electron chi connectivity index (χ1n) is 8.73. The van der Waals surface area contributed by atoms with Crippen molar-refractivity contribution in [1.82, 2.24) is 14.7 Å². The van der Waals surface area contributed by atoms with Gasteiger partial charge < -0.3 is 10.2 Å². The highest BCUT2D eigenvalue weighted by molar-refractivity contribution is 5.92. The van der Waals surface area contributed by atoms with E-state index >= 15 is 0 Å². The first kappa shape index (κ1) is 19.7. The Labute approximate surface area is 159 Å². The van der Waals surface area contributed by atoms with Crippen LogP contribution in [0.4, 0.5) is 19.0 Å². The summed E-state index contributed by atoms with van der Waals surface area (Å²) in [6, 6.07) is 6.30. The van der Waals surface area contributed by atoms with Crippen LogP contribution in [0.15, 0.2) is 49.2 Å². The summed E-state index contributed by atoms with van der Waals surface area (Å²) in [4.78, 5) is 25.6. The fourth-order valence-corrected chi connectivity index (χ4v) is 3.08. The van der Waals surface area contributed by atoms with E-state index in [0.29, 0.717) is 25.9 Å². The molecule has 148 valence electrons. The summed E-state index contributed by atoms with van der Waals surface area (Å²) in [6.45, 7) is 4.40. The highest BCUT2D eigenvalue weighted by atomic mass is 19.4. The number of hydrogen-bond acceptors (Lipinski definition) is 3. The number of piperidine rings is 1. The SMILES string of the molecule is C=CC(=O)N1CCC(C(=O)Nc2ccn(-c3cccc(C(F)(F)F)c3)n2)CC1. The maximum atomic E-state index is 12.9. The first-order chi connectivity index (χ1) is 13.3. The van der Waals surface area contributed by atoms with Crippen molar-refractivity contribution in [3.05, 3.63) is 54.7 Å². The van der Waals surface area contributed by atoms with Gasteiger partial charge in [0.15, 0.2) is 5.82 Å². The van der Waals surface area contributed by atoms with Crippen molar-refractivity contribution in [2.45, 2.75) is 19.0 Å². The van der Waals surface area contributed by atoms with E-state index in [4.69, 9.17) is 0 Å². The lowest BCUT2D eigenvalue weighted by Gasteiger charge is -2.30. The number of carbonyl (C=O) groups is 2. The summed E-state index contributed by atoms with van der Waals surface area (Å²) in [6.07, 6.45) is -0.654. The van der Waals surface area contributed by atoms with Gasteiger partial charge in [-0.1, -0.05) is 12.6 Å². The van der Waals surface area contributed by atoms with Crippen molar-refractivity contribution < 1.29 is 22.8 Å². The molecule has 1 aromatic heterocycles. The molecule has 6 nitrogen and oxygen atoms in total. The number of likely N-dealkylation sites (tertiary alicyclic amines) is 1. The zero-order valence-corrected chi connectivity index (χ0v) is 14.9. The third-order valence-electron chi connectivity index (χ3n) is 4.63. The second-order valence-electron chi connectivity index (χ2n) is 6.49. The van der Waals surface area contributed by atoms with E-state index in [2.05, 4.69) is 17.0 Å². The zero-order chi connectivity index (χ0) is 20.3. The normalized spacial score (nSPS) is 15.3. The van der Waals surface area contributed by atoms with Gasteiger partial charge in [-0.15, -0.1) is 0 Å². The Morgan fingerprint density at radius 3 is 2.57 bits per heavy atom. The van der Waals surface area contributed by atoms with E-state index in [9.17, 15) is 22.8 Å². The Kier molecular flexibility index (Phi) is 5.53. The van der Waals surface area contributed by atoms with Crippen LogP contribution in [-0.2, 0) is 15.8 Å². The molecule has 0 bridgehead atoms. The van der Waals surface area contributed by atoms with E-state index in [1.54, 1.807) is 4.90 Å². The third kappa shape index (κ3) is 4.41. The van der Waals surface area contributed by atoms with Crippen LogP contribution in [0.1, 0.15) is 18.4 Å². The van der Waals surface area contributed by atoms with Crippen LogP contribution in [0.3, 0.4) is 0 Å². The maximum absolute atomic E-state index is 12.9. The zero-order valence-electron chi connectivity index (χ0n) is 14.9. The van der Waals surface area contributed by atoms with Crippen molar-refractivity contribution >= 4 is 17.6 Å². The Balaban J connectivity index is 1.63. The number of anilines is 1. The standard InChI is InChI=1S/C19H19F3N4O2/c1-2-17(27)25-9-6-13(7-10-25)18(28)23-16-8-11-26(24-16)15-5-3-4-14(12-15)19(20,21)22/h2-5,8,11-13H,1,6-7,9-10H2,(H,23,24,28). The van der Waals surface area contributed by atoms with E-state index < -0.39 is 11.7 Å². The molecule has 2 heterocycles. The minimum Gasteiger partial charge on any atom is -0.339 e. The summed E-state index contributed by atoms with van der Waals surface area (Å²) < 4.78 is 39.8. The number of carbonyl (C=O) groups excluding carboxylic acids is 2. The smallest absolute Gasteiger partial charge is 0.339 e. The summed E-state index contributed by atoms with van der Waals surface area (Å²) >= 11 is 0. The summed E-state index contributed by atoms with van der Waals surface area (Å²) in [5.41, 5.74) is -0.529. The number of rotatable bonds is 4. The van der Waals surface area contributed by atoms with Crippen molar-refractivity contribution in [3.8, 4) is 5.69 Å². The molecule has 1 saturated heterocycles. The van der Waals surface area contributed by atoms with Gasteiger partial charge >= 0.3 is 6.18 Å². The molecule has 0 aliphatic carbocycles. The van der Waals surface area contributed by atoms with Crippen LogP contribution in [0.5, 0.6) is 0 Å². The van der Waals surface area contributed by atoms with E-state index in [1.807, 2.05) is 0 Å². The van der Waals surface area contributed by atoms with E-state index in [0.717, 1.165) is 12.1 Å². The molecule has 1 N–H and O–H groups in total. The predicted octanol–water partition coefficient (Wildman–Crippen LogP) is 3.25.